The number of nitrogens with zero attached hydrogens (tertiary/aromatic N) is 1. The van der Waals surface area contributed by atoms with Gasteiger partial charge in [0.05, 0.1) is 16.0 Å². The predicted octanol–water partition coefficient (Wildman–Crippen LogP) is 4.56. The van der Waals surface area contributed by atoms with E-state index in [9.17, 15) is 4.79 Å². The van der Waals surface area contributed by atoms with Crippen LogP contribution in [0.5, 0.6) is 11.5 Å². The molecule has 0 fully saturated rings. The Bertz CT molecular complexity index is 877. The summed E-state index contributed by atoms with van der Waals surface area (Å²) in [4.78, 5) is 11.1. The number of fused-ring (bicyclic) bond motifs is 1. The molecule has 0 amide bonds. The number of benzene rings is 2. The largest absolute Gasteiger partial charge is 0.450 e. The zero-order valence-corrected chi connectivity index (χ0v) is 11.4. The number of ether oxygens (including phenoxy) is 1. The van der Waals surface area contributed by atoms with Crippen LogP contribution in [-0.2, 0) is 0 Å². The molecule has 0 bridgehead atoms. The van der Waals surface area contributed by atoms with Gasteiger partial charge >= 0.3 is 0 Å². The highest BCUT2D eigenvalue weighted by Gasteiger charge is 2.18. The second kappa shape index (κ2) is 5.31. The third-order valence-electron chi connectivity index (χ3n) is 2.98. The maximum atomic E-state index is 11.1. The number of hydrogen-bond acceptors (Lipinski definition) is 4. The van der Waals surface area contributed by atoms with Crippen molar-refractivity contribution in [2.45, 2.75) is 0 Å². The van der Waals surface area contributed by atoms with Crippen LogP contribution < -0.4 is 4.74 Å². The standard InChI is InChI=1S/C16H8ClNO3/c17-12-6-3-4-10(9-19)15(12)21-16-11-5-1-2-7-13(11)20-14(16)8-18/h1-7,9H. The van der Waals surface area contributed by atoms with Gasteiger partial charge in [0.15, 0.2) is 17.8 Å². The number of aldehydes is 1. The second-order valence-electron chi connectivity index (χ2n) is 4.25. The zero-order valence-electron chi connectivity index (χ0n) is 10.7. The van der Waals surface area contributed by atoms with Crippen molar-refractivity contribution in [2.75, 3.05) is 0 Å². The van der Waals surface area contributed by atoms with Gasteiger partial charge in [-0.1, -0.05) is 29.8 Å². The van der Waals surface area contributed by atoms with Crippen molar-refractivity contribution in [3.05, 3.63) is 58.8 Å². The summed E-state index contributed by atoms with van der Waals surface area (Å²) in [5, 5.41) is 10.1. The van der Waals surface area contributed by atoms with Gasteiger partial charge in [-0.3, -0.25) is 4.79 Å². The lowest BCUT2D eigenvalue weighted by Crippen LogP contribution is -1.92. The van der Waals surface area contributed by atoms with Gasteiger partial charge in [0.2, 0.25) is 5.76 Å². The lowest BCUT2D eigenvalue weighted by Gasteiger charge is -2.08. The number of halogens is 1. The summed E-state index contributed by atoms with van der Waals surface area (Å²) in [6, 6.07) is 13.9. The van der Waals surface area contributed by atoms with Crippen molar-refractivity contribution in [1.82, 2.24) is 0 Å². The van der Waals surface area contributed by atoms with Crippen molar-refractivity contribution in [3.63, 3.8) is 0 Å². The van der Waals surface area contributed by atoms with E-state index in [1.165, 1.54) is 0 Å². The quantitative estimate of drug-likeness (QED) is 0.665. The van der Waals surface area contributed by atoms with Crippen LogP contribution in [0.15, 0.2) is 46.9 Å². The Balaban J connectivity index is 2.19. The summed E-state index contributed by atoms with van der Waals surface area (Å²) in [5.41, 5.74) is 0.834. The molecule has 4 nitrogen and oxygen atoms in total. The molecule has 1 aromatic heterocycles. The first kappa shape index (κ1) is 13.2. The molecule has 0 aliphatic carbocycles. The topological polar surface area (TPSA) is 63.2 Å². The molecule has 0 radical (unpaired) electrons. The van der Waals surface area contributed by atoms with E-state index in [0.717, 1.165) is 0 Å². The number of hydrogen-bond donors (Lipinski definition) is 0. The Morgan fingerprint density at radius 2 is 1.95 bits per heavy atom. The number of carbonyl (C=O) groups is 1. The molecule has 5 heteroatoms. The highest BCUT2D eigenvalue weighted by atomic mass is 35.5. The van der Waals surface area contributed by atoms with E-state index >= 15 is 0 Å². The monoisotopic (exact) mass is 297 g/mol. The van der Waals surface area contributed by atoms with Crippen molar-refractivity contribution in [2.24, 2.45) is 0 Å². The number of furan rings is 1. The first-order valence-electron chi connectivity index (χ1n) is 6.07. The molecule has 0 spiro atoms. The Kier molecular flexibility index (Phi) is 3.35. The summed E-state index contributed by atoms with van der Waals surface area (Å²) < 4.78 is 11.1. The van der Waals surface area contributed by atoms with E-state index in [4.69, 9.17) is 26.0 Å². The molecule has 0 aliphatic rings. The minimum atomic E-state index is 0.0352. The molecule has 0 aliphatic heterocycles. The molecule has 102 valence electrons. The Labute approximate surface area is 125 Å². The minimum Gasteiger partial charge on any atom is -0.450 e. The van der Waals surface area contributed by atoms with E-state index in [1.54, 1.807) is 42.5 Å². The SMILES string of the molecule is N#Cc1oc2ccccc2c1Oc1c(Cl)cccc1C=O. The lowest BCUT2D eigenvalue weighted by atomic mass is 10.2. The first-order chi connectivity index (χ1) is 10.2. The third-order valence-corrected chi connectivity index (χ3v) is 3.28. The highest BCUT2D eigenvalue weighted by molar-refractivity contribution is 6.32. The maximum Gasteiger partial charge on any atom is 0.247 e. The van der Waals surface area contributed by atoms with Crippen molar-refractivity contribution in [3.8, 4) is 17.6 Å². The van der Waals surface area contributed by atoms with Crippen LogP contribution in [0.25, 0.3) is 11.0 Å². The summed E-state index contributed by atoms with van der Waals surface area (Å²) in [5.74, 6) is 0.495. The molecule has 0 N–H and O–H groups in total. The summed E-state index contributed by atoms with van der Waals surface area (Å²) in [6.07, 6.45) is 0.648. The molecular formula is C16H8ClNO3. The van der Waals surface area contributed by atoms with Gasteiger partial charge in [0.1, 0.15) is 11.7 Å². The van der Waals surface area contributed by atoms with Gasteiger partial charge in [-0.25, -0.2) is 0 Å². The minimum absolute atomic E-state index is 0.0352. The molecule has 0 unspecified atom stereocenters. The molecule has 0 atom stereocenters. The molecule has 1 heterocycles. The fourth-order valence-corrected chi connectivity index (χ4v) is 2.25. The average molecular weight is 298 g/mol. The molecule has 3 rings (SSSR count). The van der Waals surface area contributed by atoms with E-state index in [0.29, 0.717) is 22.8 Å². The molecule has 2 aromatic carbocycles. The molecule has 21 heavy (non-hydrogen) atoms. The van der Waals surface area contributed by atoms with E-state index in [-0.39, 0.29) is 22.3 Å². The fraction of sp³-hybridized carbons (Fsp3) is 0. The van der Waals surface area contributed by atoms with Crippen molar-refractivity contribution >= 4 is 28.9 Å². The van der Waals surface area contributed by atoms with Gasteiger partial charge in [0.25, 0.3) is 0 Å². The summed E-state index contributed by atoms with van der Waals surface area (Å²) in [6.45, 7) is 0. The van der Waals surface area contributed by atoms with Crippen molar-refractivity contribution < 1.29 is 13.9 Å². The number of rotatable bonds is 3. The van der Waals surface area contributed by atoms with Crippen LogP contribution in [0, 0.1) is 11.3 Å². The number of nitriles is 1. The van der Waals surface area contributed by atoms with Gasteiger partial charge in [-0.2, -0.15) is 5.26 Å². The predicted molar refractivity (Wildman–Crippen MR) is 77.8 cm³/mol. The molecule has 0 saturated carbocycles. The molecule has 3 aromatic rings. The fourth-order valence-electron chi connectivity index (χ4n) is 2.02. The van der Waals surface area contributed by atoms with Crippen LogP contribution >= 0.6 is 11.6 Å². The van der Waals surface area contributed by atoms with Gasteiger partial charge in [-0.15, -0.1) is 0 Å². The Morgan fingerprint density at radius 1 is 1.14 bits per heavy atom. The Morgan fingerprint density at radius 3 is 2.71 bits per heavy atom. The van der Waals surface area contributed by atoms with Gasteiger partial charge in [0, 0.05) is 0 Å². The second-order valence-corrected chi connectivity index (χ2v) is 4.65. The first-order valence-corrected chi connectivity index (χ1v) is 6.45. The highest BCUT2D eigenvalue weighted by Crippen LogP contribution is 2.39. The van der Waals surface area contributed by atoms with E-state index in [2.05, 4.69) is 0 Å². The third kappa shape index (κ3) is 2.24. The Hall–Kier alpha value is -2.77. The molecular weight excluding hydrogens is 290 g/mol. The van der Waals surface area contributed by atoms with Crippen LogP contribution in [0.4, 0.5) is 0 Å². The zero-order chi connectivity index (χ0) is 14.8. The van der Waals surface area contributed by atoms with Crippen LogP contribution in [0.3, 0.4) is 0 Å². The maximum absolute atomic E-state index is 11.1. The smallest absolute Gasteiger partial charge is 0.247 e. The summed E-state index contributed by atoms with van der Waals surface area (Å²) >= 11 is 6.07. The van der Waals surface area contributed by atoms with Crippen LogP contribution in [0.2, 0.25) is 5.02 Å². The lowest BCUT2D eigenvalue weighted by molar-refractivity contribution is 0.112. The molecule has 0 saturated heterocycles. The normalized spacial score (nSPS) is 10.3. The van der Waals surface area contributed by atoms with E-state index < -0.39 is 0 Å². The van der Waals surface area contributed by atoms with E-state index in [1.807, 2.05) is 6.07 Å². The number of para-hydroxylation sites is 2. The van der Waals surface area contributed by atoms with Gasteiger partial charge < -0.3 is 9.15 Å². The van der Waals surface area contributed by atoms with Crippen molar-refractivity contribution in [1.29, 1.82) is 5.26 Å². The summed E-state index contributed by atoms with van der Waals surface area (Å²) in [7, 11) is 0. The number of carbonyl (C=O) groups excluding carboxylic acids is 1. The van der Waals surface area contributed by atoms with Gasteiger partial charge in [-0.05, 0) is 24.3 Å². The van der Waals surface area contributed by atoms with Crippen LogP contribution in [0.1, 0.15) is 16.1 Å². The average Bonchev–Trinajstić information content (AvgIpc) is 2.87. The van der Waals surface area contributed by atoms with Crippen LogP contribution in [-0.4, -0.2) is 6.29 Å².